The molecule has 4 atom stereocenters. The number of nitrogens with zero attached hydrogens (tertiary/aromatic N) is 6. The zero-order valence-electron chi connectivity index (χ0n) is 60.4. The lowest BCUT2D eigenvalue weighted by atomic mass is 10.1. The molecule has 0 bridgehead atoms. The van der Waals surface area contributed by atoms with Gasteiger partial charge in [0.25, 0.3) is 23.2 Å². The van der Waals surface area contributed by atoms with Crippen molar-refractivity contribution in [3.63, 3.8) is 0 Å². The van der Waals surface area contributed by atoms with Crippen molar-refractivity contribution in [2.45, 2.75) is 115 Å². The number of alkyl carbamates (subject to hydrolysis) is 2. The summed E-state index contributed by atoms with van der Waals surface area (Å²) in [5.41, 5.74) is 28.8. The van der Waals surface area contributed by atoms with Gasteiger partial charge in [-0.25, -0.2) is 19.6 Å². The van der Waals surface area contributed by atoms with Crippen LogP contribution in [0, 0.1) is 0 Å². The highest BCUT2D eigenvalue weighted by molar-refractivity contribution is 7.79. The first-order valence-electron chi connectivity index (χ1n) is 34.5. The van der Waals surface area contributed by atoms with E-state index in [4.69, 9.17) is 40.5 Å². The minimum absolute atomic E-state index is 0.0980. The van der Waals surface area contributed by atoms with Gasteiger partial charge in [0.15, 0.2) is 37.4 Å². The van der Waals surface area contributed by atoms with E-state index in [9.17, 15) is 47.9 Å². The molecule has 0 saturated heterocycles. The van der Waals surface area contributed by atoms with Crippen LogP contribution < -0.4 is 85.2 Å². The molecular formula is C72H90N20O16S. The lowest BCUT2D eigenvalue weighted by Crippen LogP contribution is -2.51. The van der Waals surface area contributed by atoms with Crippen LogP contribution in [0.25, 0.3) is 0 Å². The average Bonchev–Trinajstić information content (AvgIpc) is 1.65. The third kappa shape index (κ3) is 29.6. The van der Waals surface area contributed by atoms with Crippen LogP contribution in [0.15, 0.2) is 166 Å². The predicted octanol–water partition coefficient (Wildman–Crippen LogP) is 1.87. The molecule has 2 aliphatic rings. The van der Waals surface area contributed by atoms with Crippen molar-refractivity contribution in [1.29, 1.82) is 0 Å². The first kappa shape index (κ1) is 85.2. The van der Waals surface area contributed by atoms with Crippen LogP contribution in [0.3, 0.4) is 0 Å². The molecule has 2 aromatic heterocycles. The first-order valence-corrected chi connectivity index (χ1v) is 35.8. The van der Waals surface area contributed by atoms with E-state index in [0.29, 0.717) is 97.1 Å². The molecule has 0 spiro atoms. The number of aromatic nitrogens is 2. The maximum absolute atomic E-state index is 13.4. The number of rotatable bonds is 34. The van der Waals surface area contributed by atoms with Crippen molar-refractivity contribution in [2.75, 3.05) is 61.7 Å². The Balaban J connectivity index is 0.000000321. The molecule has 0 saturated carbocycles. The molecule has 8 rings (SSSR count). The summed E-state index contributed by atoms with van der Waals surface area (Å²) in [7, 11) is -2.79. The van der Waals surface area contributed by atoms with Gasteiger partial charge in [-0.3, -0.25) is 56.8 Å². The number of methoxy groups -OCH3 is 2. The number of fused-ring (bicyclic) bond motifs is 2. The third-order valence-electron chi connectivity index (χ3n) is 16.0. The highest BCUT2D eigenvalue weighted by Gasteiger charge is 2.37. The molecule has 109 heavy (non-hydrogen) atoms. The molecule has 4 heterocycles. The number of pyridine rings is 2. The maximum atomic E-state index is 13.4. The summed E-state index contributed by atoms with van der Waals surface area (Å²) in [5, 5.41) is 26.6. The van der Waals surface area contributed by atoms with E-state index in [1.807, 2.05) is 120 Å². The van der Waals surface area contributed by atoms with Gasteiger partial charge >= 0.3 is 12.2 Å². The second-order valence-corrected chi connectivity index (χ2v) is 25.1. The van der Waals surface area contributed by atoms with Gasteiger partial charge in [-0.1, -0.05) is 100 Å². The Kier molecular flexibility index (Phi) is 34.1. The molecule has 4 aromatic carbocycles. The second kappa shape index (κ2) is 43.6. The molecular weight excluding hydrogens is 1430 g/mol. The van der Waals surface area contributed by atoms with Gasteiger partial charge in [-0.15, -0.1) is 0 Å². The number of hydrogen-bond donors (Lipinski definition) is 14. The normalized spacial score (nSPS) is 13.5. The van der Waals surface area contributed by atoms with Gasteiger partial charge < -0.3 is 94.7 Å². The fourth-order valence-corrected chi connectivity index (χ4v) is 10.8. The number of guanidine groups is 2. The van der Waals surface area contributed by atoms with Crippen LogP contribution in [0.2, 0.25) is 0 Å². The van der Waals surface area contributed by atoms with Crippen molar-refractivity contribution in [1.82, 2.24) is 31.9 Å². The molecule has 0 aliphatic carbocycles. The Labute approximate surface area is 628 Å². The van der Waals surface area contributed by atoms with Gasteiger partial charge in [0.2, 0.25) is 46.9 Å². The van der Waals surface area contributed by atoms with E-state index in [1.54, 1.807) is 48.5 Å². The fourth-order valence-electron chi connectivity index (χ4n) is 10.8. The van der Waals surface area contributed by atoms with Crippen LogP contribution >= 0.6 is 0 Å². The minimum Gasteiger partial charge on any atom is -0.759 e. The topological polar surface area (TPSA) is 551 Å². The highest BCUT2D eigenvalue weighted by Crippen LogP contribution is 2.27. The zero-order chi connectivity index (χ0) is 79.4. The first-order chi connectivity index (χ1) is 52.1. The molecule has 0 unspecified atom stereocenters. The molecule has 580 valence electrons. The Morgan fingerprint density at radius 2 is 0.817 bits per heavy atom. The Bertz CT molecular complexity index is 4120. The lowest BCUT2D eigenvalue weighted by Gasteiger charge is -2.20. The summed E-state index contributed by atoms with van der Waals surface area (Å²) < 4.78 is 47.2. The van der Waals surface area contributed by atoms with Gasteiger partial charge in [0.1, 0.15) is 35.5 Å². The largest absolute Gasteiger partial charge is 0.759 e. The van der Waals surface area contributed by atoms with Crippen molar-refractivity contribution < 1.29 is 84.1 Å². The number of anilines is 4. The molecule has 18 N–H and O–H groups in total. The molecule has 37 heteroatoms. The molecule has 10 amide bonds. The van der Waals surface area contributed by atoms with E-state index in [-0.39, 0.29) is 61.1 Å². The molecule has 6 aromatic rings. The van der Waals surface area contributed by atoms with Gasteiger partial charge in [-0.05, 0) is 99.2 Å². The van der Waals surface area contributed by atoms with Crippen LogP contribution in [0.1, 0.15) is 101 Å². The van der Waals surface area contributed by atoms with Gasteiger partial charge in [-0.2, -0.15) is 9.13 Å². The summed E-state index contributed by atoms with van der Waals surface area (Å²) in [6.45, 7) is 4.58. The number of carbonyl (C=O) groups excluding carboxylic acids is 10. The van der Waals surface area contributed by atoms with Crippen LogP contribution in [0.4, 0.5) is 43.7 Å². The number of nitrogens with one attached hydrogen (secondary N) is 10. The van der Waals surface area contributed by atoms with Crippen LogP contribution in [-0.2, 0) is 71.3 Å². The van der Waals surface area contributed by atoms with E-state index < -0.39 is 95.3 Å². The Hall–Kier alpha value is -12.8. The number of nitrogens with two attached hydrogens (primary N) is 4. The van der Waals surface area contributed by atoms with Crippen LogP contribution in [0.5, 0.6) is 0 Å². The second-order valence-electron chi connectivity index (χ2n) is 24.3. The SMILES string of the molecule is CCCC[C@@H](NC(=O)OC)C(=O)NCC(=O)N[C@@H](CCCN=C(N)N)C(=O)Nc1ccc(N=C2C(=O)Nc3ccc[n+](Cc4ccccc4)c32)cc1.CCCC[C@@H](NC(=O)OC)C(=O)NCC(=O)N[C@@H](CCCN=C(N)N)C(=O)Nc1ccc(N=C2C(=O)Nc3ccc[n+](Cc4ccccc4)c32)cc1.O=S(=O)([O-])[O-]. The van der Waals surface area contributed by atoms with Crippen molar-refractivity contribution >= 4 is 127 Å². The van der Waals surface area contributed by atoms with Crippen molar-refractivity contribution in [2.24, 2.45) is 42.9 Å². The Morgan fingerprint density at radius 1 is 0.477 bits per heavy atom. The standard InChI is InChI=1S/2C36H44N10O6.H2O4S/c2*1-3-4-12-27(45-36(51)52-2)32(48)40-21-29(47)43-28(13-8-19-39-35(37)38)33(49)42-25-17-15-24(16-18-25)41-30-31-26(44-34(30)50)14-9-20-46(31)22-23-10-6-5-7-11-23;1-5(2,3)4/h2*5-7,9-11,14-18,20,27-28H,3-4,8,12-13,19,21-22H2,1-2H3,(H8,37,38,39,40,43,44,45,47,48,50,51);(H2,1,2,3,4)/t2*27-,28+;/m11./s1. The molecule has 0 radical (unpaired) electrons. The maximum Gasteiger partial charge on any atom is 0.407 e. The summed E-state index contributed by atoms with van der Waals surface area (Å²) in [5.74, 6) is -4.23. The van der Waals surface area contributed by atoms with Crippen molar-refractivity contribution in [3.05, 3.63) is 168 Å². The zero-order valence-corrected chi connectivity index (χ0v) is 61.2. The lowest BCUT2D eigenvalue weighted by molar-refractivity contribution is -0.688. The quantitative estimate of drug-likeness (QED) is 0.00685. The third-order valence-corrected chi connectivity index (χ3v) is 16.0. The van der Waals surface area contributed by atoms with E-state index >= 15 is 0 Å². The smallest absolute Gasteiger partial charge is 0.407 e. The number of hydrogen-bond acceptors (Lipinski definition) is 20. The number of aliphatic imine (C=N–C) groups is 4. The number of unbranched alkanes of at least 4 members (excludes halogenated alkanes) is 2. The summed E-state index contributed by atoms with van der Waals surface area (Å²) >= 11 is 0. The highest BCUT2D eigenvalue weighted by atomic mass is 32.3. The van der Waals surface area contributed by atoms with E-state index in [1.165, 1.54) is 14.2 Å². The molecule has 2 aliphatic heterocycles. The van der Waals surface area contributed by atoms with Gasteiger partial charge in [0, 0.05) is 58.1 Å². The summed E-state index contributed by atoms with van der Waals surface area (Å²) in [6.07, 6.45) is 7.01. The Morgan fingerprint density at radius 3 is 1.15 bits per heavy atom. The molecule has 0 fully saturated rings. The summed E-state index contributed by atoms with van der Waals surface area (Å²) in [4.78, 5) is 144. The number of carbonyl (C=O) groups is 10. The minimum atomic E-state index is -5.17. The van der Waals surface area contributed by atoms with Crippen LogP contribution in [-0.4, -0.2) is 165 Å². The van der Waals surface area contributed by atoms with E-state index in [2.05, 4.69) is 82.6 Å². The fraction of sp³-hybridized carbons (Fsp3) is 0.333. The number of amides is 10. The molecule has 36 nitrogen and oxygen atoms in total. The number of ether oxygens (including phenoxy) is 2. The predicted molar refractivity (Wildman–Crippen MR) is 402 cm³/mol. The average molecular weight is 1520 g/mol. The summed E-state index contributed by atoms with van der Waals surface area (Å²) in [6, 6.07) is 36.6. The van der Waals surface area contributed by atoms with Crippen molar-refractivity contribution in [3.8, 4) is 0 Å². The monoisotopic (exact) mass is 1520 g/mol. The number of benzene rings is 4. The van der Waals surface area contributed by atoms with E-state index in [0.717, 1.165) is 24.0 Å². The van der Waals surface area contributed by atoms with Gasteiger partial charge in [0.05, 0.1) is 38.7 Å².